The Balaban J connectivity index is 1.29. The fourth-order valence-electron chi connectivity index (χ4n) is 9.97. The highest BCUT2D eigenvalue weighted by atomic mass is 16.5. The minimum Gasteiger partial charge on any atom is -0.396 e. The van der Waals surface area contributed by atoms with E-state index in [-0.39, 0.29) is 0 Å². The number of hydrogen-bond donors (Lipinski definition) is 1. The molecular weight excluding hydrogens is 452 g/mol. The molecule has 0 radical (unpaired) electrons. The maximum absolute atomic E-state index is 8.91. The number of allylic oxidation sites excluding steroid dienone is 1. The van der Waals surface area contributed by atoms with Crippen LogP contribution in [0.4, 0.5) is 0 Å². The van der Waals surface area contributed by atoms with Crippen LogP contribution in [-0.4, -0.2) is 24.4 Å². The lowest BCUT2D eigenvalue weighted by atomic mass is 9.47. The third-order valence-electron chi connectivity index (χ3n) is 12.2. The second-order valence-corrected chi connectivity index (χ2v) is 14.9. The van der Waals surface area contributed by atoms with Crippen LogP contribution in [0.1, 0.15) is 144 Å². The number of ether oxygens (including phenoxy) is 1. The van der Waals surface area contributed by atoms with Crippen LogP contribution < -0.4 is 0 Å². The van der Waals surface area contributed by atoms with Gasteiger partial charge in [0, 0.05) is 13.2 Å². The molecule has 3 saturated carbocycles. The predicted molar refractivity (Wildman–Crippen MR) is 158 cm³/mol. The molecule has 2 nitrogen and oxygen atoms in total. The summed E-state index contributed by atoms with van der Waals surface area (Å²) >= 11 is 0. The molecule has 0 saturated heterocycles. The molecule has 3 fully saturated rings. The van der Waals surface area contributed by atoms with Crippen molar-refractivity contribution in [1.29, 1.82) is 0 Å². The van der Waals surface area contributed by atoms with E-state index in [0.717, 1.165) is 48.5 Å². The zero-order valence-corrected chi connectivity index (χ0v) is 25.4. The number of aliphatic hydroxyl groups is 1. The number of fused-ring (bicyclic) bond motifs is 5. The van der Waals surface area contributed by atoms with Gasteiger partial charge >= 0.3 is 0 Å². The highest BCUT2D eigenvalue weighted by Crippen LogP contribution is 2.67. The van der Waals surface area contributed by atoms with Crippen LogP contribution in [0.2, 0.25) is 0 Å². The summed E-state index contributed by atoms with van der Waals surface area (Å²) in [4.78, 5) is 0. The van der Waals surface area contributed by atoms with Crippen molar-refractivity contribution in [3.05, 3.63) is 11.6 Å². The molecule has 0 heterocycles. The lowest BCUT2D eigenvalue weighted by Gasteiger charge is -2.58. The molecule has 0 spiro atoms. The standard InChI is InChI=1S/C35H62O2/c1-26(2)13-12-14-27(3)31-17-18-32-30-16-15-28-25-29(37-24-11-9-7-6-8-10-23-36)19-21-34(28,4)33(30)20-22-35(31,32)5/h15,26-27,29-33,36H,6-14,16-25H2,1-5H3/t27-,29-,30?,31-,32?,33?,34+,35-/m1/s1. The first-order valence-electron chi connectivity index (χ1n) is 16.7. The van der Waals surface area contributed by atoms with E-state index in [4.69, 9.17) is 9.84 Å². The summed E-state index contributed by atoms with van der Waals surface area (Å²) in [6.45, 7) is 14.0. The van der Waals surface area contributed by atoms with Gasteiger partial charge in [0.25, 0.3) is 0 Å². The predicted octanol–water partition coefficient (Wildman–Crippen LogP) is 9.75. The van der Waals surface area contributed by atoms with Crippen molar-refractivity contribution >= 4 is 0 Å². The van der Waals surface area contributed by atoms with Crippen LogP contribution in [0.15, 0.2) is 11.6 Å². The van der Waals surface area contributed by atoms with Crippen molar-refractivity contribution in [3.63, 3.8) is 0 Å². The average Bonchev–Trinajstić information content (AvgIpc) is 3.22. The van der Waals surface area contributed by atoms with Gasteiger partial charge < -0.3 is 9.84 Å². The van der Waals surface area contributed by atoms with Gasteiger partial charge in [-0.3, -0.25) is 0 Å². The van der Waals surface area contributed by atoms with Crippen LogP contribution >= 0.6 is 0 Å². The monoisotopic (exact) mass is 514 g/mol. The van der Waals surface area contributed by atoms with Crippen molar-refractivity contribution < 1.29 is 9.84 Å². The summed E-state index contributed by atoms with van der Waals surface area (Å²) in [7, 11) is 0. The normalized spacial score (nSPS) is 38.1. The zero-order chi connectivity index (χ0) is 26.5. The van der Waals surface area contributed by atoms with E-state index in [2.05, 4.69) is 40.7 Å². The van der Waals surface area contributed by atoms with Gasteiger partial charge in [-0.25, -0.2) is 0 Å². The third kappa shape index (κ3) is 6.70. The Morgan fingerprint density at radius 1 is 0.865 bits per heavy atom. The summed E-state index contributed by atoms with van der Waals surface area (Å²) in [5.74, 6) is 5.53. The van der Waals surface area contributed by atoms with E-state index in [1.807, 2.05) is 0 Å². The van der Waals surface area contributed by atoms with Gasteiger partial charge in [0.1, 0.15) is 0 Å². The van der Waals surface area contributed by atoms with E-state index in [0.29, 0.717) is 23.5 Å². The molecule has 37 heavy (non-hydrogen) atoms. The maximum atomic E-state index is 8.91. The number of hydrogen-bond acceptors (Lipinski definition) is 2. The molecule has 0 aromatic rings. The number of rotatable bonds is 14. The smallest absolute Gasteiger partial charge is 0.0612 e. The molecule has 0 aliphatic heterocycles. The van der Waals surface area contributed by atoms with Crippen molar-refractivity contribution in [2.24, 2.45) is 46.3 Å². The first-order valence-corrected chi connectivity index (χ1v) is 16.7. The van der Waals surface area contributed by atoms with Gasteiger partial charge in [-0.2, -0.15) is 0 Å². The average molecular weight is 515 g/mol. The van der Waals surface area contributed by atoms with Gasteiger partial charge in [-0.1, -0.05) is 91.2 Å². The summed E-state index contributed by atoms with van der Waals surface area (Å²) < 4.78 is 6.43. The first kappa shape index (κ1) is 29.6. The van der Waals surface area contributed by atoms with Crippen LogP contribution in [0, 0.1) is 46.3 Å². The van der Waals surface area contributed by atoms with Gasteiger partial charge in [0.05, 0.1) is 6.10 Å². The van der Waals surface area contributed by atoms with Crippen LogP contribution in [-0.2, 0) is 4.74 Å². The summed E-state index contributed by atoms with van der Waals surface area (Å²) in [6.07, 6.45) is 25.8. The molecule has 2 heteroatoms. The SMILES string of the molecule is CC(C)CCC[C@@H](C)[C@H]1CCC2C3CC=C4C[C@H](OCCCCCCCCO)CC[C@]4(C)C3CC[C@@]21C. The molecule has 1 N–H and O–H groups in total. The topological polar surface area (TPSA) is 29.5 Å². The second kappa shape index (κ2) is 13.3. The summed E-state index contributed by atoms with van der Waals surface area (Å²) in [6, 6.07) is 0. The Labute approximate surface area is 230 Å². The van der Waals surface area contributed by atoms with E-state index in [1.54, 1.807) is 5.57 Å². The molecule has 4 rings (SSSR count). The van der Waals surface area contributed by atoms with E-state index < -0.39 is 0 Å². The maximum Gasteiger partial charge on any atom is 0.0612 e. The van der Waals surface area contributed by atoms with Crippen molar-refractivity contribution in [1.82, 2.24) is 0 Å². The molecule has 0 amide bonds. The third-order valence-corrected chi connectivity index (χ3v) is 12.2. The van der Waals surface area contributed by atoms with Crippen LogP contribution in [0.25, 0.3) is 0 Å². The molecule has 0 aromatic carbocycles. The Hall–Kier alpha value is -0.340. The van der Waals surface area contributed by atoms with Gasteiger partial charge in [0.2, 0.25) is 0 Å². The summed E-state index contributed by atoms with van der Waals surface area (Å²) in [5, 5.41) is 8.91. The molecule has 0 aromatic heterocycles. The highest BCUT2D eigenvalue weighted by molar-refractivity contribution is 5.25. The quantitative estimate of drug-likeness (QED) is 0.185. The van der Waals surface area contributed by atoms with E-state index >= 15 is 0 Å². The number of unbranched alkanes of at least 4 members (excludes halogenated alkanes) is 5. The minimum atomic E-state index is 0.347. The van der Waals surface area contributed by atoms with Gasteiger partial charge in [-0.15, -0.1) is 0 Å². The Kier molecular flexibility index (Phi) is 10.7. The fourth-order valence-corrected chi connectivity index (χ4v) is 9.97. The Morgan fingerprint density at radius 2 is 1.62 bits per heavy atom. The van der Waals surface area contributed by atoms with E-state index in [9.17, 15) is 0 Å². The number of aliphatic hydroxyl groups excluding tert-OH is 1. The first-order chi connectivity index (χ1) is 17.8. The molecule has 8 atom stereocenters. The Bertz CT molecular complexity index is 727. The minimum absolute atomic E-state index is 0.347. The van der Waals surface area contributed by atoms with Crippen molar-refractivity contribution in [2.45, 2.75) is 150 Å². The van der Waals surface area contributed by atoms with Gasteiger partial charge in [0.15, 0.2) is 0 Å². The molecule has 214 valence electrons. The van der Waals surface area contributed by atoms with Crippen LogP contribution in [0.3, 0.4) is 0 Å². The van der Waals surface area contributed by atoms with E-state index in [1.165, 1.54) is 103 Å². The lowest BCUT2D eigenvalue weighted by molar-refractivity contribution is -0.0641. The van der Waals surface area contributed by atoms with Gasteiger partial charge in [-0.05, 0) is 111 Å². The summed E-state index contributed by atoms with van der Waals surface area (Å²) in [5.41, 5.74) is 2.81. The molecular formula is C35H62O2. The van der Waals surface area contributed by atoms with Crippen LogP contribution in [0.5, 0.6) is 0 Å². The second-order valence-electron chi connectivity index (χ2n) is 14.9. The zero-order valence-electron chi connectivity index (χ0n) is 25.4. The fraction of sp³-hybridized carbons (Fsp3) is 0.943. The van der Waals surface area contributed by atoms with Crippen molar-refractivity contribution in [3.8, 4) is 0 Å². The molecule has 0 bridgehead atoms. The Morgan fingerprint density at radius 3 is 2.38 bits per heavy atom. The highest BCUT2D eigenvalue weighted by Gasteiger charge is 2.59. The molecule has 4 aliphatic carbocycles. The van der Waals surface area contributed by atoms with Crippen molar-refractivity contribution in [2.75, 3.05) is 13.2 Å². The molecule has 3 unspecified atom stereocenters. The largest absolute Gasteiger partial charge is 0.396 e. The lowest BCUT2D eigenvalue weighted by Crippen LogP contribution is -2.51. The molecule has 4 aliphatic rings.